The summed E-state index contributed by atoms with van der Waals surface area (Å²) in [4.78, 5) is 22.1. The molecule has 2 aromatic carbocycles. The average Bonchev–Trinajstić information content (AvgIpc) is 2.53. The van der Waals surface area contributed by atoms with E-state index in [9.17, 15) is 20.0 Å². The monoisotopic (exact) mass is 302 g/mol. The van der Waals surface area contributed by atoms with Gasteiger partial charge in [-0.3, -0.25) is 14.9 Å². The summed E-state index contributed by atoms with van der Waals surface area (Å²) in [5.74, 6) is -0.193. The topological polar surface area (TPSA) is 102 Å². The van der Waals surface area contributed by atoms with Gasteiger partial charge in [0.1, 0.15) is 11.5 Å². The van der Waals surface area contributed by atoms with Gasteiger partial charge in [-0.15, -0.1) is 0 Å². The van der Waals surface area contributed by atoms with Crippen LogP contribution in [0, 0.1) is 10.1 Å². The molecule has 0 atom stereocenters. The van der Waals surface area contributed by atoms with Gasteiger partial charge in [0.05, 0.1) is 17.6 Å². The maximum atomic E-state index is 12.0. The number of carbonyl (C=O) groups excluding carboxylic acids is 1. The lowest BCUT2D eigenvalue weighted by Gasteiger charge is -2.07. The molecule has 22 heavy (non-hydrogen) atoms. The number of ether oxygens (including phenoxy) is 1. The standard InChI is InChI=1S/C15H14N2O5/c1-22-12-5-2-10(3-6-12)9-16-15(19)13-8-11(17(20)21)4-7-14(13)18/h2-8,18H,9H2,1H3,(H,16,19). The third kappa shape index (κ3) is 3.51. The summed E-state index contributed by atoms with van der Waals surface area (Å²) >= 11 is 0. The highest BCUT2D eigenvalue weighted by Crippen LogP contribution is 2.22. The highest BCUT2D eigenvalue weighted by Gasteiger charge is 2.16. The molecule has 2 N–H and O–H groups in total. The summed E-state index contributed by atoms with van der Waals surface area (Å²) < 4.78 is 5.03. The van der Waals surface area contributed by atoms with Crippen LogP contribution in [-0.2, 0) is 6.54 Å². The van der Waals surface area contributed by atoms with Crippen LogP contribution in [0.4, 0.5) is 5.69 Å². The molecule has 0 fully saturated rings. The van der Waals surface area contributed by atoms with Gasteiger partial charge in [0, 0.05) is 18.7 Å². The molecular weight excluding hydrogens is 288 g/mol. The molecule has 2 aromatic rings. The number of amides is 1. The normalized spacial score (nSPS) is 10.0. The van der Waals surface area contributed by atoms with E-state index >= 15 is 0 Å². The fraction of sp³-hybridized carbons (Fsp3) is 0.133. The Balaban J connectivity index is 2.08. The van der Waals surface area contributed by atoms with Gasteiger partial charge in [-0.1, -0.05) is 12.1 Å². The number of carbonyl (C=O) groups is 1. The Morgan fingerprint density at radius 3 is 2.55 bits per heavy atom. The molecule has 0 aliphatic heterocycles. The van der Waals surface area contributed by atoms with Crippen LogP contribution in [0.15, 0.2) is 42.5 Å². The molecule has 0 bridgehead atoms. The van der Waals surface area contributed by atoms with Crippen molar-refractivity contribution in [2.24, 2.45) is 0 Å². The molecule has 7 heteroatoms. The van der Waals surface area contributed by atoms with Crippen molar-refractivity contribution in [1.29, 1.82) is 0 Å². The first-order chi connectivity index (χ1) is 10.5. The van der Waals surface area contributed by atoms with E-state index in [1.54, 1.807) is 31.4 Å². The lowest BCUT2D eigenvalue weighted by Crippen LogP contribution is -2.22. The zero-order valence-electron chi connectivity index (χ0n) is 11.8. The van der Waals surface area contributed by atoms with Gasteiger partial charge in [-0.25, -0.2) is 0 Å². The van der Waals surface area contributed by atoms with Gasteiger partial charge in [0.15, 0.2) is 0 Å². The van der Waals surface area contributed by atoms with Crippen LogP contribution in [0.1, 0.15) is 15.9 Å². The number of nitrogens with one attached hydrogen (secondary N) is 1. The predicted octanol–water partition coefficient (Wildman–Crippen LogP) is 2.24. The SMILES string of the molecule is COc1ccc(CNC(=O)c2cc([N+](=O)[O-])ccc2O)cc1. The summed E-state index contributed by atoms with van der Waals surface area (Å²) in [6, 6.07) is 10.4. The van der Waals surface area contributed by atoms with Gasteiger partial charge in [0.25, 0.3) is 11.6 Å². The van der Waals surface area contributed by atoms with Crippen LogP contribution in [0.25, 0.3) is 0 Å². The fourth-order valence-corrected chi connectivity index (χ4v) is 1.84. The number of rotatable bonds is 5. The number of benzene rings is 2. The van der Waals surface area contributed by atoms with Crippen LogP contribution in [0.3, 0.4) is 0 Å². The maximum absolute atomic E-state index is 12.0. The number of phenolic OH excluding ortho intramolecular Hbond substituents is 1. The lowest BCUT2D eigenvalue weighted by atomic mass is 10.1. The number of aromatic hydroxyl groups is 1. The number of non-ortho nitro benzene ring substituents is 1. The molecule has 0 aliphatic carbocycles. The minimum Gasteiger partial charge on any atom is -0.507 e. The number of methoxy groups -OCH3 is 1. The van der Waals surface area contributed by atoms with E-state index in [0.29, 0.717) is 5.75 Å². The van der Waals surface area contributed by atoms with E-state index in [0.717, 1.165) is 23.8 Å². The molecule has 114 valence electrons. The first-order valence-electron chi connectivity index (χ1n) is 6.40. The van der Waals surface area contributed by atoms with Gasteiger partial charge >= 0.3 is 0 Å². The minimum absolute atomic E-state index is 0.136. The summed E-state index contributed by atoms with van der Waals surface area (Å²) in [5.41, 5.74) is 0.439. The maximum Gasteiger partial charge on any atom is 0.270 e. The van der Waals surface area contributed by atoms with Crippen molar-refractivity contribution >= 4 is 11.6 Å². The average molecular weight is 302 g/mol. The second-order valence-corrected chi connectivity index (χ2v) is 4.49. The lowest BCUT2D eigenvalue weighted by molar-refractivity contribution is -0.384. The molecule has 2 rings (SSSR count). The molecule has 0 spiro atoms. The minimum atomic E-state index is -0.625. The summed E-state index contributed by atoms with van der Waals surface area (Å²) in [6.45, 7) is 0.227. The fourth-order valence-electron chi connectivity index (χ4n) is 1.84. The van der Waals surface area contributed by atoms with Crippen molar-refractivity contribution in [2.75, 3.05) is 7.11 Å². The zero-order chi connectivity index (χ0) is 16.1. The Kier molecular flexibility index (Phi) is 4.57. The second-order valence-electron chi connectivity index (χ2n) is 4.49. The molecular formula is C15H14N2O5. The van der Waals surface area contributed by atoms with Crippen molar-refractivity contribution in [1.82, 2.24) is 5.32 Å². The molecule has 0 unspecified atom stereocenters. The van der Waals surface area contributed by atoms with Crippen LogP contribution < -0.4 is 10.1 Å². The van der Waals surface area contributed by atoms with Crippen LogP contribution >= 0.6 is 0 Å². The van der Waals surface area contributed by atoms with Crippen molar-refractivity contribution < 1.29 is 19.6 Å². The number of nitro benzene ring substituents is 1. The van der Waals surface area contributed by atoms with E-state index in [-0.39, 0.29) is 23.5 Å². The molecule has 0 heterocycles. The summed E-state index contributed by atoms with van der Waals surface area (Å²) in [6.07, 6.45) is 0. The summed E-state index contributed by atoms with van der Waals surface area (Å²) in [7, 11) is 1.56. The van der Waals surface area contributed by atoms with Crippen LogP contribution in [-0.4, -0.2) is 23.0 Å². The molecule has 0 saturated heterocycles. The van der Waals surface area contributed by atoms with E-state index < -0.39 is 10.8 Å². The van der Waals surface area contributed by atoms with Gasteiger partial charge in [0.2, 0.25) is 0 Å². The van der Waals surface area contributed by atoms with Crippen LogP contribution in [0.5, 0.6) is 11.5 Å². The molecule has 7 nitrogen and oxygen atoms in total. The quantitative estimate of drug-likeness (QED) is 0.651. The first kappa shape index (κ1) is 15.3. The molecule has 0 saturated carbocycles. The first-order valence-corrected chi connectivity index (χ1v) is 6.40. The van der Waals surface area contributed by atoms with Gasteiger partial charge < -0.3 is 15.2 Å². The van der Waals surface area contributed by atoms with E-state index in [1.165, 1.54) is 0 Å². The number of nitro groups is 1. The highest BCUT2D eigenvalue weighted by molar-refractivity contribution is 5.97. The van der Waals surface area contributed by atoms with Gasteiger partial charge in [-0.2, -0.15) is 0 Å². The smallest absolute Gasteiger partial charge is 0.270 e. The third-order valence-corrected chi connectivity index (χ3v) is 3.05. The predicted molar refractivity (Wildman–Crippen MR) is 78.9 cm³/mol. The highest BCUT2D eigenvalue weighted by atomic mass is 16.6. The van der Waals surface area contributed by atoms with E-state index in [1.807, 2.05) is 0 Å². The number of phenols is 1. The van der Waals surface area contributed by atoms with Crippen molar-refractivity contribution in [2.45, 2.75) is 6.54 Å². The number of hydrogen-bond acceptors (Lipinski definition) is 5. The molecule has 0 radical (unpaired) electrons. The van der Waals surface area contributed by atoms with Crippen LogP contribution in [0.2, 0.25) is 0 Å². The Labute approximate surface area is 126 Å². The van der Waals surface area contributed by atoms with Crippen molar-refractivity contribution in [3.63, 3.8) is 0 Å². The third-order valence-electron chi connectivity index (χ3n) is 3.05. The Bertz CT molecular complexity index is 698. The number of nitrogens with zero attached hydrogens (tertiary/aromatic N) is 1. The zero-order valence-corrected chi connectivity index (χ0v) is 11.8. The second kappa shape index (κ2) is 6.57. The Hall–Kier alpha value is -3.09. The van der Waals surface area contributed by atoms with E-state index in [4.69, 9.17) is 4.74 Å². The Morgan fingerprint density at radius 2 is 1.95 bits per heavy atom. The largest absolute Gasteiger partial charge is 0.507 e. The van der Waals surface area contributed by atoms with Crippen molar-refractivity contribution in [3.8, 4) is 11.5 Å². The Morgan fingerprint density at radius 1 is 1.27 bits per heavy atom. The molecule has 0 aliphatic rings. The molecule has 0 aromatic heterocycles. The number of hydrogen-bond donors (Lipinski definition) is 2. The van der Waals surface area contributed by atoms with Crippen molar-refractivity contribution in [3.05, 3.63) is 63.7 Å². The molecule has 1 amide bonds. The summed E-state index contributed by atoms with van der Waals surface area (Å²) in [5, 5.41) is 23.0. The van der Waals surface area contributed by atoms with Gasteiger partial charge in [-0.05, 0) is 23.8 Å². The van der Waals surface area contributed by atoms with E-state index in [2.05, 4.69) is 5.32 Å².